The third-order valence-corrected chi connectivity index (χ3v) is 4.52. The summed E-state index contributed by atoms with van der Waals surface area (Å²) in [6, 6.07) is 9.24. The van der Waals surface area contributed by atoms with Crippen LogP contribution < -0.4 is 10.6 Å². The number of piperidine rings is 1. The lowest BCUT2D eigenvalue weighted by Gasteiger charge is -2.32. The Morgan fingerprint density at radius 2 is 1.69 bits per heavy atom. The molecule has 26 heavy (non-hydrogen) atoms. The number of carbonyl (C=O) groups excluding carboxylic acids is 3. The van der Waals surface area contributed by atoms with Crippen LogP contribution >= 0.6 is 0 Å². The third kappa shape index (κ3) is 5.86. The highest BCUT2D eigenvalue weighted by atomic mass is 16.2. The first-order valence-electron chi connectivity index (χ1n) is 9.19. The molecule has 0 aromatic heterocycles. The van der Waals surface area contributed by atoms with Gasteiger partial charge < -0.3 is 15.5 Å². The topological polar surface area (TPSA) is 78.5 Å². The van der Waals surface area contributed by atoms with Crippen LogP contribution in [0.5, 0.6) is 0 Å². The minimum Gasteiger partial charge on any atom is -0.355 e. The molecule has 2 rings (SSSR count). The van der Waals surface area contributed by atoms with E-state index in [-0.39, 0.29) is 23.8 Å². The van der Waals surface area contributed by atoms with Gasteiger partial charge in [-0.3, -0.25) is 14.4 Å². The van der Waals surface area contributed by atoms with Crippen molar-refractivity contribution in [3.8, 4) is 0 Å². The zero-order chi connectivity index (χ0) is 19.2. The van der Waals surface area contributed by atoms with Crippen LogP contribution in [0.25, 0.3) is 0 Å². The van der Waals surface area contributed by atoms with Gasteiger partial charge in [0.15, 0.2) is 0 Å². The highest BCUT2D eigenvalue weighted by molar-refractivity contribution is 5.94. The van der Waals surface area contributed by atoms with Crippen molar-refractivity contribution in [2.45, 2.75) is 46.1 Å². The van der Waals surface area contributed by atoms with Crippen molar-refractivity contribution in [2.24, 2.45) is 5.41 Å². The van der Waals surface area contributed by atoms with E-state index < -0.39 is 5.41 Å². The zero-order valence-electron chi connectivity index (χ0n) is 15.9. The number of nitrogens with one attached hydrogen (secondary N) is 2. The Balaban J connectivity index is 1.70. The fraction of sp³-hybridized carbons (Fsp3) is 0.550. The average Bonchev–Trinajstić information content (AvgIpc) is 2.62. The van der Waals surface area contributed by atoms with Gasteiger partial charge in [-0.15, -0.1) is 0 Å². The largest absolute Gasteiger partial charge is 0.355 e. The molecule has 0 unspecified atom stereocenters. The molecule has 142 valence electrons. The van der Waals surface area contributed by atoms with Crippen molar-refractivity contribution in [3.05, 3.63) is 35.9 Å². The quantitative estimate of drug-likeness (QED) is 0.843. The van der Waals surface area contributed by atoms with E-state index in [2.05, 4.69) is 10.6 Å². The van der Waals surface area contributed by atoms with Crippen molar-refractivity contribution in [3.63, 3.8) is 0 Å². The molecule has 0 radical (unpaired) electrons. The summed E-state index contributed by atoms with van der Waals surface area (Å²) in [5, 5.41) is 5.84. The van der Waals surface area contributed by atoms with Crippen molar-refractivity contribution in [1.82, 2.24) is 15.5 Å². The van der Waals surface area contributed by atoms with Gasteiger partial charge in [-0.1, -0.05) is 39.0 Å². The summed E-state index contributed by atoms with van der Waals surface area (Å²) in [5.41, 5.74) is 0.207. The smallest absolute Gasteiger partial charge is 0.251 e. The van der Waals surface area contributed by atoms with Crippen LogP contribution in [0.3, 0.4) is 0 Å². The second kappa shape index (κ2) is 8.83. The van der Waals surface area contributed by atoms with Crippen LogP contribution in [-0.4, -0.2) is 48.3 Å². The number of hydrogen-bond donors (Lipinski definition) is 2. The maximum absolute atomic E-state index is 12.3. The van der Waals surface area contributed by atoms with Crippen LogP contribution in [0.1, 0.15) is 50.4 Å². The van der Waals surface area contributed by atoms with E-state index in [4.69, 9.17) is 0 Å². The fourth-order valence-corrected chi connectivity index (χ4v) is 2.84. The minimum absolute atomic E-state index is 0.0482. The summed E-state index contributed by atoms with van der Waals surface area (Å²) < 4.78 is 0. The number of benzene rings is 1. The summed E-state index contributed by atoms with van der Waals surface area (Å²) in [4.78, 5) is 38.1. The molecule has 0 saturated carbocycles. The maximum atomic E-state index is 12.3. The van der Waals surface area contributed by atoms with Crippen LogP contribution in [0.15, 0.2) is 30.3 Å². The Morgan fingerprint density at radius 3 is 2.27 bits per heavy atom. The van der Waals surface area contributed by atoms with E-state index >= 15 is 0 Å². The fourth-order valence-electron chi connectivity index (χ4n) is 2.84. The predicted octanol–water partition coefficient (Wildman–Crippen LogP) is 1.96. The number of nitrogens with zero attached hydrogens (tertiary/aromatic N) is 1. The summed E-state index contributed by atoms with van der Waals surface area (Å²) in [5.74, 6) is -0.0695. The number of likely N-dealkylation sites (tertiary alicyclic amines) is 1. The van der Waals surface area contributed by atoms with Gasteiger partial charge >= 0.3 is 0 Å². The SMILES string of the molecule is CC(C)(C)C(=O)NCCC(=O)N1CCC(NC(=O)c2ccccc2)CC1. The molecule has 6 nitrogen and oxygen atoms in total. The molecule has 1 heterocycles. The molecule has 0 bridgehead atoms. The molecule has 1 aliphatic heterocycles. The molecule has 6 heteroatoms. The summed E-state index contributed by atoms with van der Waals surface area (Å²) in [7, 11) is 0. The Morgan fingerprint density at radius 1 is 1.08 bits per heavy atom. The lowest BCUT2D eigenvalue weighted by Crippen LogP contribution is -2.47. The van der Waals surface area contributed by atoms with Gasteiger partial charge in [0.1, 0.15) is 0 Å². The van der Waals surface area contributed by atoms with E-state index in [0.717, 1.165) is 12.8 Å². The number of hydrogen-bond acceptors (Lipinski definition) is 3. The molecule has 2 N–H and O–H groups in total. The molecule has 1 fully saturated rings. The van der Waals surface area contributed by atoms with Crippen LogP contribution in [0, 0.1) is 5.41 Å². The van der Waals surface area contributed by atoms with Crippen LogP contribution in [0.2, 0.25) is 0 Å². The second-order valence-electron chi connectivity index (χ2n) is 7.75. The second-order valence-corrected chi connectivity index (χ2v) is 7.75. The average molecular weight is 359 g/mol. The Hall–Kier alpha value is -2.37. The molecule has 1 aromatic rings. The van der Waals surface area contributed by atoms with Crippen LogP contribution in [0.4, 0.5) is 0 Å². The third-order valence-electron chi connectivity index (χ3n) is 4.52. The van der Waals surface area contributed by atoms with E-state index in [1.165, 1.54) is 0 Å². The molecule has 1 aromatic carbocycles. The number of rotatable bonds is 5. The lowest BCUT2D eigenvalue weighted by molar-refractivity contribution is -0.132. The van der Waals surface area contributed by atoms with Gasteiger partial charge in [0.05, 0.1) is 0 Å². The molecule has 1 aliphatic rings. The molecule has 0 atom stereocenters. The monoisotopic (exact) mass is 359 g/mol. The summed E-state index contributed by atoms with van der Waals surface area (Å²) in [6.45, 7) is 7.16. The summed E-state index contributed by atoms with van der Waals surface area (Å²) >= 11 is 0. The molecule has 0 spiro atoms. The van der Waals surface area contributed by atoms with Crippen molar-refractivity contribution >= 4 is 17.7 Å². The Bertz CT molecular complexity index is 629. The van der Waals surface area contributed by atoms with Crippen molar-refractivity contribution in [1.29, 1.82) is 0 Å². The van der Waals surface area contributed by atoms with E-state index in [1.54, 1.807) is 12.1 Å². The highest BCUT2D eigenvalue weighted by Gasteiger charge is 2.25. The summed E-state index contributed by atoms with van der Waals surface area (Å²) in [6.07, 6.45) is 1.81. The molecule has 3 amide bonds. The molecular weight excluding hydrogens is 330 g/mol. The van der Waals surface area contributed by atoms with Gasteiger partial charge in [-0.05, 0) is 25.0 Å². The van der Waals surface area contributed by atoms with Crippen LogP contribution in [-0.2, 0) is 9.59 Å². The van der Waals surface area contributed by atoms with Crippen molar-refractivity contribution in [2.75, 3.05) is 19.6 Å². The lowest BCUT2D eigenvalue weighted by atomic mass is 9.96. The maximum Gasteiger partial charge on any atom is 0.251 e. The predicted molar refractivity (Wildman–Crippen MR) is 101 cm³/mol. The first-order valence-corrected chi connectivity index (χ1v) is 9.19. The van der Waals surface area contributed by atoms with Gasteiger partial charge in [0, 0.05) is 43.1 Å². The van der Waals surface area contributed by atoms with Gasteiger partial charge in [0.2, 0.25) is 11.8 Å². The van der Waals surface area contributed by atoms with E-state index in [0.29, 0.717) is 31.6 Å². The Labute approximate surface area is 155 Å². The molecule has 1 saturated heterocycles. The number of amides is 3. The number of carbonyl (C=O) groups is 3. The first kappa shape index (κ1) is 19.9. The minimum atomic E-state index is -0.446. The Kier molecular flexibility index (Phi) is 6.77. The van der Waals surface area contributed by atoms with Gasteiger partial charge in [-0.25, -0.2) is 0 Å². The van der Waals surface area contributed by atoms with E-state index in [9.17, 15) is 14.4 Å². The van der Waals surface area contributed by atoms with E-state index in [1.807, 2.05) is 43.9 Å². The van der Waals surface area contributed by atoms with Crippen molar-refractivity contribution < 1.29 is 14.4 Å². The molecule has 0 aliphatic carbocycles. The van der Waals surface area contributed by atoms with Gasteiger partial charge in [0.25, 0.3) is 5.91 Å². The first-order chi connectivity index (χ1) is 12.3. The molecular formula is C20H29N3O3. The standard InChI is InChI=1S/C20H29N3O3/c1-20(2,3)19(26)21-12-9-17(24)23-13-10-16(11-14-23)22-18(25)15-7-5-4-6-8-15/h4-8,16H,9-14H2,1-3H3,(H,21,26)(H,22,25). The highest BCUT2D eigenvalue weighted by Crippen LogP contribution is 2.14. The zero-order valence-corrected chi connectivity index (χ0v) is 15.9. The normalized spacial score (nSPS) is 15.4. The van der Waals surface area contributed by atoms with Gasteiger partial charge in [-0.2, -0.15) is 0 Å².